The number of hydrogen-bond donors (Lipinski definition) is 1. The lowest BCUT2D eigenvalue weighted by molar-refractivity contribution is 0.106. The normalized spacial score (nSPS) is 14.1. The molecule has 0 saturated heterocycles. The molecule has 1 N–H and O–H groups in total. The highest BCUT2D eigenvalue weighted by Gasteiger charge is 2.41. The van der Waals surface area contributed by atoms with Crippen LogP contribution in [0.15, 0.2) is 42.5 Å². The molecule has 0 unspecified atom stereocenters. The van der Waals surface area contributed by atoms with Gasteiger partial charge in [0.1, 0.15) is 0 Å². The number of nitrogens with one attached hydrogen (secondary N) is 1. The van der Waals surface area contributed by atoms with E-state index in [1.807, 2.05) is 6.07 Å². The molecule has 2 heteroatoms. The molecule has 124 valence electrons. The van der Waals surface area contributed by atoms with E-state index in [4.69, 9.17) is 5.41 Å². The van der Waals surface area contributed by atoms with Crippen molar-refractivity contribution in [2.45, 2.75) is 51.9 Å². The summed E-state index contributed by atoms with van der Waals surface area (Å²) in [6, 6.07) is 14.7. The maximum absolute atomic E-state index is 12.3. The number of hydrogen-bond acceptors (Lipinski definition) is 2. The Bertz CT molecular complexity index is 797. The average Bonchev–Trinajstić information content (AvgIpc) is 2.85. The summed E-state index contributed by atoms with van der Waals surface area (Å²) in [6.45, 7) is 6.03. The molecule has 0 fully saturated rings. The number of carbonyl (C=O) groups excluding carboxylic acids is 1. The van der Waals surface area contributed by atoms with Crippen LogP contribution in [0.2, 0.25) is 0 Å². The molecular formula is C22H25NO. The van der Waals surface area contributed by atoms with Gasteiger partial charge in [0.25, 0.3) is 0 Å². The van der Waals surface area contributed by atoms with Crippen LogP contribution in [0.25, 0.3) is 11.1 Å². The van der Waals surface area contributed by atoms with Crippen molar-refractivity contribution in [3.8, 4) is 11.1 Å². The highest BCUT2D eigenvalue weighted by atomic mass is 16.1. The van der Waals surface area contributed by atoms with E-state index in [1.54, 1.807) is 6.92 Å². The van der Waals surface area contributed by atoms with Gasteiger partial charge in [-0.3, -0.25) is 4.79 Å². The summed E-state index contributed by atoms with van der Waals surface area (Å²) in [5, 5.41) is 7.67. The number of carbonyl (C=O) groups is 1. The minimum absolute atomic E-state index is 0.00164. The molecule has 3 rings (SSSR count). The zero-order valence-electron chi connectivity index (χ0n) is 14.8. The first-order valence-electron chi connectivity index (χ1n) is 8.89. The second kappa shape index (κ2) is 6.35. The van der Waals surface area contributed by atoms with Crippen LogP contribution >= 0.6 is 0 Å². The second-order valence-corrected chi connectivity index (χ2v) is 6.84. The summed E-state index contributed by atoms with van der Waals surface area (Å²) in [7, 11) is 0. The van der Waals surface area contributed by atoms with Crippen LogP contribution in [0.5, 0.6) is 0 Å². The van der Waals surface area contributed by atoms with Crippen LogP contribution in [0, 0.1) is 5.41 Å². The van der Waals surface area contributed by atoms with Crippen LogP contribution < -0.4 is 0 Å². The van der Waals surface area contributed by atoms with Gasteiger partial charge in [-0.05, 0) is 48.1 Å². The lowest BCUT2D eigenvalue weighted by Crippen LogP contribution is -2.25. The smallest absolute Gasteiger partial charge is 0.206 e. The Kier molecular flexibility index (Phi) is 4.40. The van der Waals surface area contributed by atoms with Crippen LogP contribution in [0.3, 0.4) is 0 Å². The molecule has 2 aromatic rings. The molecule has 1 aliphatic rings. The van der Waals surface area contributed by atoms with Crippen molar-refractivity contribution in [2.75, 3.05) is 0 Å². The van der Waals surface area contributed by atoms with E-state index in [9.17, 15) is 4.79 Å². The highest BCUT2D eigenvalue weighted by molar-refractivity contribution is 6.44. The van der Waals surface area contributed by atoms with Crippen molar-refractivity contribution in [3.05, 3.63) is 59.2 Å². The first-order valence-corrected chi connectivity index (χ1v) is 8.89. The van der Waals surface area contributed by atoms with E-state index in [0.717, 1.165) is 25.7 Å². The molecule has 0 amide bonds. The zero-order valence-corrected chi connectivity index (χ0v) is 14.8. The van der Waals surface area contributed by atoms with Gasteiger partial charge in [0.05, 0.1) is 5.71 Å². The number of fused-ring (bicyclic) bond motifs is 3. The van der Waals surface area contributed by atoms with Gasteiger partial charge in [0, 0.05) is 11.0 Å². The standard InChI is InChI=1S/C22H25NO/c1-4-12-22(13-5-2)19-9-7-6-8-17(19)18-11-10-16(14-20(18)22)21(24)15(3)23/h6-11,14,23H,4-5,12-13H2,1-3H3. The zero-order chi connectivity index (χ0) is 17.3. The molecule has 1 aliphatic carbocycles. The molecule has 0 radical (unpaired) electrons. The van der Waals surface area contributed by atoms with Crippen molar-refractivity contribution in [2.24, 2.45) is 0 Å². The van der Waals surface area contributed by atoms with E-state index in [0.29, 0.717) is 5.56 Å². The van der Waals surface area contributed by atoms with Gasteiger partial charge in [-0.15, -0.1) is 0 Å². The molecule has 0 aromatic heterocycles. The first-order chi connectivity index (χ1) is 11.5. The van der Waals surface area contributed by atoms with Gasteiger partial charge in [0.2, 0.25) is 5.78 Å². The molecule has 0 bridgehead atoms. The van der Waals surface area contributed by atoms with E-state index >= 15 is 0 Å². The van der Waals surface area contributed by atoms with E-state index < -0.39 is 0 Å². The molecule has 0 atom stereocenters. The summed E-state index contributed by atoms with van der Waals surface area (Å²) in [5.41, 5.74) is 5.99. The Morgan fingerprint density at radius 2 is 1.58 bits per heavy atom. The molecule has 0 heterocycles. The summed E-state index contributed by atoms with van der Waals surface area (Å²) in [4.78, 5) is 12.3. The molecule has 0 saturated carbocycles. The average molecular weight is 319 g/mol. The molecule has 2 aromatic carbocycles. The molecular weight excluding hydrogens is 294 g/mol. The maximum atomic E-state index is 12.3. The Labute approximate surface area is 144 Å². The number of ketones is 1. The maximum Gasteiger partial charge on any atom is 0.206 e. The fourth-order valence-corrected chi connectivity index (χ4v) is 4.33. The second-order valence-electron chi connectivity index (χ2n) is 6.84. The van der Waals surface area contributed by atoms with Crippen LogP contribution in [-0.2, 0) is 5.41 Å². The third-order valence-corrected chi connectivity index (χ3v) is 5.22. The van der Waals surface area contributed by atoms with Crippen molar-refractivity contribution >= 4 is 11.5 Å². The van der Waals surface area contributed by atoms with Crippen molar-refractivity contribution in [3.63, 3.8) is 0 Å². The monoisotopic (exact) mass is 319 g/mol. The van der Waals surface area contributed by atoms with Crippen LogP contribution in [-0.4, -0.2) is 11.5 Å². The SMILES string of the molecule is CCCC1(CCC)c2ccccc2-c2ccc(C(=O)C(C)=N)cc21. The summed E-state index contributed by atoms with van der Waals surface area (Å²) in [6.07, 6.45) is 4.39. The van der Waals surface area contributed by atoms with Gasteiger partial charge in [-0.25, -0.2) is 0 Å². The summed E-state index contributed by atoms with van der Waals surface area (Å²) < 4.78 is 0. The minimum Gasteiger partial charge on any atom is -0.302 e. The molecule has 0 spiro atoms. The van der Waals surface area contributed by atoms with Crippen molar-refractivity contribution in [1.29, 1.82) is 5.41 Å². The minimum atomic E-state index is -0.171. The molecule has 2 nitrogen and oxygen atoms in total. The van der Waals surface area contributed by atoms with Gasteiger partial charge in [-0.1, -0.05) is 63.1 Å². The first kappa shape index (κ1) is 16.6. The van der Waals surface area contributed by atoms with Crippen molar-refractivity contribution in [1.82, 2.24) is 0 Å². The number of rotatable bonds is 6. The van der Waals surface area contributed by atoms with Gasteiger partial charge < -0.3 is 5.41 Å². The summed E-state index contributed by atoms with van der Waals surface area (Å²) >= 11 is 0. The quantitative estimate of drug-likeness (QED) is 0.532. The third-order valence-electron chi connectivity index (χ3n) is 5.22. The largest absolute Gasteiger partial charge is 0.302 e. The fourth-order valence-electron chi connectivity index (χ4n) is 4.33. The lowest BCUT2D eigenvalue weighted by atomic mass is 9.71. The van der Waals surface area contributed by atoms with E-state index in [-0.39, 0.29) is 16.9 Å². The van der Waals surface area contributed by atoms with E-state index in [1.165, 1.54) is 22.3 Å². The molecule has 24 heavy (non-hydrogen) atoms. The molecule has 0 aliphatic heterocycles. The van der Waals surface area contributed by atoms with Gasteiger partial charge in [-0.2, -0.15) is 0 Å². The topological polar surface area (TPSA) is 40.9 Å². The fraction of sp³-hybridized carbons (Fsp3) is 0.364. The number of benzene rings is 2. The summed E-state index contributed by atoms with van der Waals surface area (Å²) in [5.74, 6) is -0.171. The Morgan fingerprint density at radius 3 is 2.21 bits per heavy atom. The lowest BCUT2D eigenvalue weighted by Gasteiger charge is -2.32. The van der Waals surface area contributed by atoms with Gasteiger partial charge in [0.15, 0.2) is 0 Å². The van der Waals surface area contributed by atoms with Crippen LogP contribution in [0.4, 0.5) is 0 Å². The van der Waals surface area contributed by atoms with E-state index in [2.05, 4.69) is 50.2 Å². The number of Topliss-reactive ketones (excluding diaryl/α,β-unsaturated/α-hetero) is 1. The Morgan fingerprint density at radius 1 is 0.958 bits per heavy atom. The van der Waals surface area contributed by atoms with Gasteiger partial charge >= 0.3 is 0 Å². The third kappa shape index (κ3) is 2.41. The predicted octanol–water partition coefficient (Wildman–Crippen LogP) is 5.78. The highest BCUT2D eigenvalue weighted by Crippen LogP contribution is 2.53. The Hall–Kier alpha value is -2.22. The van der Waals surface area contributed by atoms with Crippen LogP contribution in [0.1, 0.15) is 67.9 Å². The predicted molar refractivity (Wildman–Crippen MR) is 100 cm³/mol. The Balaban J connectivity index is 2.26. The van der Waals surface area contributed by atoms with Crippen molar-refractivity contribution < 1.29 is 4.79 Å².